The number of rotatable bonds is 4. The number of thiophene rings is 1. The van der Waals surface area contributed by atoms with Crippen LogP contribution in [0.2, 0.25) is 0 Å². The van der Waals surface area contributed by atoms with Crippen molar-refractivity contribution >= 4 is 17.2 Å². The zero-order valence-corrected chi connectivity index (χ0v) is 12.2. The molecule has 0 unspecified atom stereocenters. The van der Waals surface area contributed by atoms with Gasteiger partial charge in [0.15, 0.2) is 0 Å². The zero-order chi connectivity index (χ0) is 15.1. The Hall–Kier alpha value is -2.16. The molecule has 2 rings (SSSR count). The van der Waals surface area contributed by atoms with E-state index in [0.29, 0.717) is 12.1 Å². The standard InChI is InChI=1S/C16H15FN2OS/c17-15-6-5-12(3-1-8-18)11-14(15)16(20)19-9-7-13-4-2-10-21-13/h2,4-6,10-11H,7-9,18H2,(H,19,20). The van der Waals surface area contributed by atoms with Crippen LogP contribution in [-0.4, -0.2) is 19.0 Å². The van der Waals surface area contributed by atoms with Gasteiger partial charge in [-0.2, -0.15) is 0 Å². The largest absolute Gasteiger partial charge is 0.352 e. The molecule has 0 aliphatic rings. The van der Waals surface area contributed by atoms with Crippen LogP contribution >= 0.6 is 11.3 Å². The lowest BCUT2D eigenvalue weighted by Crippen LogP contribution is -2.26. The first-order valence-electron chi connectivity index (χ1n) is 6.50. The number of carbonyl (C=O) groups excluding carboxylic acids is 1. The van der Waals surface area contributed by atoms with E-state index in [1.807, 2.05) is 17.5 Å². The fourth-order valence-electron chi connectivity index (χ4n) is 1.78. The molecule has 3 N–H and O–H groups in total. The molecule has 1 amide bonds. The van der Waals surface area contributed by atoms with Crippen molar-refractivity contribution in [1.82, 2.24) is 5.32 Å². The molecule has 5 heteroatoms. The van der Waals surface area contributed by atoms with E-state index in [4.69, 9.17) is 5.73 Å². The van der Waals surface area contributed by atoms with Gasteiger partial charge < -0.3 is 11.1 Å². The van der Waals surface area contributed by atoms with Gasteiger partial charge in [0.2, 0.25) is 0 Å². The van der Waals surface area contributed by atoms with Gasteiger partial charge in [0.25, 0.3) is 5.91 Å². The summed E-state index contributed by atoms with van der Waals surface area (Å²) in [5.41, 5.74) is 5.87. The molecule has 0 aliphatic carbocycles. The minimum Gasteiger partial charge on any atom is -0.352 e. The van der Waals surface area contributed by atoms with E-state index in [9.17, 15) is 9.18 Å². The molecule has 108 valence electrons. The third-order valence-corrected chi connectivity index (χ3v) is 3.72. The van der Waals surface area contributed by atoms with Crippen LogP contribution in [0.4, 0.5) is 4.39 Å². The summed E-state index contributed by atoms with van der Waals surface area (Å²) in [4.78, 5) is 13.2. The fraction of sp³-hybridized carbons (Fsp3) is 0.188. The number of carbonyl (C=O) groups is 1. The molecule has 1 aromatic carbocycles. The second-order valence-electron chi connectivity index (χ2n) is 4.29. The van der Waals surface area contributed by atoms with E-state index in [0.717, 1.165) is 6.42 Å². The summed E-state index contributed by atoms with van der Waals surface area (Å²) in [7, 11) is 0. The fourth-order valence-corrected chi connectivity index (χ4v) is 2.49. The van der Waals surface area contributed by atoms with Crippen LogP contribution in [0, 0.1) is 17.7 Å². The van der Waals surface area contributed by atoms with Crippen molar-refractivity contribution in [2.75, 3.05) is 13.1 Å². The molecule has 2 aromatic rings. The highest BCUT2D eigenvalue weighted by atomic mass is 32.1. The van der Waals surface area contributed by atoms with Crippen LogP contribution in [0.1, 0.15) is 20.8 Å². The first-order chi connectivity index (χ1) is 10.2. The molecule has 21 heavy (non-hydrogen) atoms. The van der Waals surface area contributed by atoms with Crippen LogP contribution in [0.15, 0.2) is 35.7 Å². The number of halogens is 1. The Morgan fingerprint density at radius 1 is 1.38 bits per heavy atom. The van der Waals surface area contributed by atoms with Crippen molar-refractivity contribution in [3.63, 3.8) is 0 Å². The number of hydrogen-bond donors (Lipinski definition) is 2. The van der Waals surface area contributed by atoms with Gasteiger partial charge in [0.05, 0.1) is 12.1 Å². The van der Waals surface area contributed by atoms with Crippen LogP contribution in [0.3, 0.4) is 0 Å². The van der Waals surface area contributed by atoms with Crippen LogP contribution in [0.25, 0.3) is 0 Å². The number of nitrogens with two attached hydrogens (primary N) is 1. The number of amides is 1. The van der Waals surface area contributed by atoms with Gasteiger partial charge in [-0.3, -0.25) is 4.79 Å². The van der Waals surface area contributed by atoms with Gasteiger partial charge in [-0.25, -0.2) is 4.39 Å². The number of nitrogens with one attached hydrogen (secondary N) is 1. The van der Waals surface area contributed by atoms with Crippen LogP contribution < -0.4 is 11.1 Å². The Balaban J connectivity index is 2.00. The molecule has 0 radical (unpaired) electrons. The van der Waals surface area contributed by atoms with Crippen molar-refractivity contribution < 1.29 is 9.18 Å². The summed E-state index contributed by atoms with van der Waals surface area (Å²) < 4.78 is 13.7. The predicted molar refractivity (Wildman–Crippen MR) is 82.7 cm³/mol. The van der Waals surface area contributed by atoms with E-state index in [-0.39, 0.29) is 12.1 Å². The monoisotopic (exact) mass is 302 g/mol. The third-order valence-electron chi connectivity index (χ3n) is 2.78. The van der Waals surface area contributed by atoms with Crippen molar-refractivity contribution in [1.29, 1.82) is 0 Å². The minimum atomic E-state index is -0.554. The molecule has 3 nitrogen and oxygen atoms in total. The molecule has 0 saturated heterocycles. The molecule has 0 bridgehead atoms. The van der Waals surface area contributed by atoms with Gasteiger partial charge >= 0.3 is 0 Å². The second-order valence-corrected chi connectivity index (χ2v) is 5.32. The molecular weight excluding hydrogens is 287 g/mol. The average molecular weight is 302 g/mol. The van der Waals surface area contributed by atoms with Crippen molar-refractivity contribution in [3.05, 3.63) is 57.5 Å². The highest BCUT2D eigenvalue weighted by Gasteiger charge is 2.11. The maximum atomic E-state index is 13.7. The summed E-state index contributed by atoms with van der Waals surface area (Å²) in [6.45, 7) is 0.692. The average Bonchev–Trinajstić information content (AvgIpc) is 2.99. The van der Waals surface area contributed by atoms with E-state index in [1.165, 1.54) is 23.1 Å². The van der Waals surface area contributed by atoms with Gasteiger partial charge in [-0.05, 0) is 36.1 Å². The molecule has 0 fully saturated rings. The smallest absolute Gasteiger partial charge is 0.254 e. The van der Waals surface area contributed by atoms with Gasteiger partial charge in [-0.1, -0.05) is 17.9 Å². The molecule has 1 heterocycles. The topological polar surface area (TPSA) is 55.1 Å². The van der Waals surface area contributed by atoms with Crippen molar-refractivity contribution in [2.45, 2.75) is 6.42 Å². The van der Waals surface area contributed by atoms with Crippen molar-refractivity contribution in [3.8, 4) is 11.8 Å². The lowest BCUT2D eigenvalue weighted by atomic mass is 10.1. The SMILES string of the molecule is NCC#Cc1ccc(F)c(C(=O)NCCc2cccs2)c1. The molecule has 0 spiro atoms. The summed E-state index contributed by atoms with van der Waals surface area (Å²) in [6.07, 6.45) is 0.734. The highest BCUT2D eigenvalue weighted by Crippen LogP contribution is 2.11. The van der Waals surface area contributed by atoms with E-state index in [1.54, 1.807) is 11.3 Å². The van der Waals surface area contributed by atoms with Crippen molar-refractivity contribution in [2.24, 2.45) is 5.73 Å². The van der Waals surface area contributed by atoms with Gasteiger partial charge in [0.1, 0.15) is 5.82 Å². The maximum Gasteiger partial charge on any atom is 0.254 e. The van der Waals surface area contributed by atoms with Crippen LogP contribution in [0.5, 0.6) is 0 Å². The summed E-state index contributed by atoms with van der Waals surface area (Å²) >= 11 is 1.63. The Morgan fingerprint density at radius 3 is 2.95 bits per heavy atom. The second kappa shape index (κ2) is 7.58. The van der Waals surface area contributed by atoms with E-state index >= 15 is 0 Å². The first-order valence-corrected chi connectivity index (χ1v) is 7.37. The lowest BCUT2D eigenvalue weighted by Gasteiger charge is -2.06. The van der Waals surface area contributed by atoms with Gasteiger partial charge in [-0.15, -0.1) is 11.3 Å². The number of benzene rings is 1. The summed E-state index contributed by atoms with van der Waals surface area (Å²) in [6, 6.07) is 8.18. The Labute approximate surface area is 127 Å². The first kappa shape index (κ1) is 15.2. The Kier molecular flexibility index (Phi) is 5.50. The lowest BCUT2D eigenvalue weighted by molar-refractivity contribution is 0.0950. The van der Waals surface area contributed by atoms with E-state index in [2.05, 4.69) is 17.2 Å². The molecule has 0 aliphatic heterocycles. The summed E-state index contributed by atoms with van der Waals surface area (Å²) in [5, 5.41) is 4.70. The Morgan fingerprint density at radius 2 is 2.24 bits per heavy atom. The quantitative estimate of drug-likeness (QED) is 0.851. The predicted octanol–water partition coefficient (Wildman–Crippen LogP) is 2.17. The zero-order valence-electron chi connectivity index (χ0n) is 11.4. The van der Waals surface area contributed by atoms with Gasteiger partial charge in [0, 0.05) is 17.0 Å². The Bertz CT molecular complexity index is 671. The maximum absolute atomic E-state index is 13.7. The van der Waals surface area contributed by atoms with E-state index < -0.39 is 11.7 Å². The molecular formula is C16H15FN2OS. The van der Waals surface area contributed by atoms with Crippen LogP contribution in [-0.2, 0) is 6.42 Å². The molecule has 0 atom stereocenters. The minimum absolute atomic E-state index is 0.00463. The third kappa shape index (κ3) is 4.42. The highest BCUT2D eigenvalue weighted by molar-refractivity contribution is 7.09. The summed E-state index contributed by atoms with van der Waals surface area (Å²) in [5.74, 6) is 4.48. The number of hydrogen-bond acceptors (Lipinski definition) is 3. The molecule has 1 aromatic heterocycles. The normalized spacial score (nSPS) is 9.81. The molecule has 0 saturated carbocycles.